The Labute approximate surface area is 196 Å². The molecule has 0 unspecified atom stereocenters. The first-order valence-electron chi connectivity index (χ1n) is 9.89. The first kappa shape index (κ1) is 24.6. The molecule has 1 fully saturated rings. The van der Waals surface area contributed by atoms with Crippen LogP contribution in [0.15, 0.2) is 41.3 Å². The van der Waals surface area contributed by atoms with Crippen LogP contribution in [-0.2, 0) is 14.8 Å². The number of benzene rings is 2. The third kappa shape index (κ3) is 5.49. The van der Waals surface area contributed by atoms with E-state index in [0.29, 0.717) is 5.02 Å². The normalized spacial score (nSPS) is 14.6. The average molecular weight is 498 g/mol. The van der Waals surface area contributed by atoms with Gasteiger partial charge in [-0.05, 0) is 36.4 Å². The summed E-state index contributed by atoms with van der Waals surface area (Å²) in [6.45, 7) is 0.312. The SMILES string of the molecule is COc1cc(C(=O)N2CCN(S(=O)(=O)c3ccc(Cl)cc3)CC2)cc(OC)c1OCC(N)=O. The zero-order valence-corrected chi connectivity index (χ0v) is 19.7. The quantitative estimate of drug-likeness (QED) is 0.583. The summed E-state index contributed by atoms with van der Waals surface area (Å²) in [5, 5.41) is 0.446. The van der Waals surface area contributed by atoms with E-state index < -0.39 is 15.9 Å². The Morgan fingerprint density at radius 3 is 2.03 bits per heavy atom. The number of nitrogens with zero attached hydrogens (tertiary/aromatic N) is 2. The topological polar surface area (TPSA) is 128 Å². The maximum Gasteiger partial charge on any atom is 0.255 e. The second-order valence-corrected chi connectivity index (χ2v) is 9.49. The predicted octanol–water partition coefficient (Wildman–Crippen LogP) is 1.37. The number of primary amides is 1. The average Bonchev–Trinajstić information content (AvgIpc) is 2.82. The zero-order chi connectivity index (χ0) is 24.2. The largest absolute Gasteiger partial charge is 0.493 e. The summed E-state index contributed by atoms with van der Waals surface area (Å²) in [6, 6.07) is 8.89. The van der Waals surface area contributed by atoms with Crippen molar-refractivity contribution < 1.29 is 32.2 Å². The summed E-state index contributed by atoms with van der Waals surface area (Å²) in [5.41, 5.74) is 5.39. The number of carbonyl (C=O) groups is 2. The van der Waals surface area contributed by atoms with Crippen LogP contribution in [0.3, 0.4) is 0 Å². The van der Waals surface area contributed by atoms with Crippen molar-refractivity contribution in [1.82, 2.24) is 9.21 Å². The molecule has 0 aliphatic carbocycles. The first-order valence-corrected chi connectivity index (χ1v) is 11.7. The molecule has 2 aromatic carbocycles. The van der Waals surface area contributed by atoms with E-state index in [4.69, 9.17) is 31.5 Å². The Morgan fingerprint density at radius 2 is 1.55 bits per heavy atom. The second-order valence-electron chi connectivity index (χ2n) is 7.12. The molecular weight excluding hydrogens is 474 g/mol. The van der Waals surface area contributed by atoms with Gasteiger partial charge in [-0.1, -0.05) is 11.6 Å². The number of amides is 2. The van der Waals surface area contributed by atoms with Gasteiger partial charge in [-0.3, -0.25) is 9.59 Å². The molecule has 1 saturated heterocycles. The van der Waals surface area contributed by atoms with Crippen LogP contribution < -0.4 is 19.9 Å². The third-order valence-corrected chi connectivity index (χ3v) is 7.21. The lowest BCUT2D eigenvalue weighted by atomic mass is 10.1. The molecule has 3 rings (SSSR count). The van der Waals surface area contributed by atoms with E-state index in [2.05, 4.69) is 0 Å². The van der Waals surface area contributed by atoms with Crippen LogP contribution in [0, 0.1) is 0 Å². The van der Waals surface area contributed by atoms with Crippen molar-refractivity contribution >= 4 is 33.4 Å². The monoisotopic (exact) mass is 497 g/mol. The van der Waals surface area contributed by atoms with Crippen molar-refractivity contribution in [2.45, 2.75) is 4.90 Å². The number of halogens is 1. The number of ether oxygens (including phenoxy) is 3. The van der Waals surface area contributed by atoms with Crippen molar-refractivity contribution in [2.75, 3.05) is 47.0 Å². The molecule has 2 aromatic rings. The van der Waals surface area contributed by atoms with Gasteiger partial charge in [0.15, 0.2) is 18.1 Å². The van der Waals surface area contributed by atoms with E-state index in [9.17, 15) is 18.0 Å². The molecule has 1 aliphatic heterocycles. The van der Waals surface area contributed by atoms with Gasteiger partial charge in [0.25, 0.3) is 11.8 Å². The van der Waals surface area contributed by atoms with Crippen LogP contribution >= 0.6 is 11.6 Å². The fraction of sp³-hybridized carbons (Fsp3) is 0.333. The van der Waals surface area contributed by atoms with Crippen LogP contribution in [0.25, 0.3) is 0 Å². The Hall–Kier alpha value is -3.02. The molecule has 0 atom stereocenters. The molecular formula is C21H24ClN3O7S. The third-order valence-electron chi connectivity index (χ3n) is 5.04. The van der Waals surface area contributed by atoms with E-state index in [-0.39, 0.29) is 66.4 Å². The number of hydrogen-bond acceptors (Lipinski definition) is 7. The minimum Gasteiger partial charge on any atom is -0.493 e. The first-order chi connectivity index (χ1) is 15.7. The highest BCUT2D eigenvalue weighted by atomic mass is 35.5. The van der Waals surface area contributed by atoms with Crippen LogP contribution in [-0.4, -0.2) is 76.4 Å². The molecule has 0 saturated carbocycles. The number of rotatable bonds is 8. The number of methoxy groups -OCH3 is 2. The highest BCUT2D eigenvalue weighted by molar-refractivity contribution is 7.89. The Balaban J connectivity index is 1.75. The molecule has 0 bridgehead atoms. The van der Waals surface area contributed by atoms with Crippen molar-refractivity contribution in [1.29, 1.82) is 0 Å². The minimum absolute atomic E-state index is 0.144. The standard InChI is InChI=1S/C21H24ClN3O7S/c1-30-17-11-14(12-18(31-2)20(17)32-13-19(23)26)21(27)24-7-9-25(10-8-24)33(28,29)16-5-3-15(22)4-6-16/h3-6,11-12H,7-10,13H2,1-2H3,(H2,23,26). The molecule has 12 heteroatoms. The minimum atomic E-state index is -3.69. The Bertz CT molecular complexity index is 1110. The molecule has 0 radical (unpaired) electrons. The van der Waals surface area contributed by atoms with Gasteiger partial charge in [0.2, 0.25) is 15.8 Å². The van der Waals surface area contributed by atoms with Crippen LogP contribution in [0.4, 0.5) is 0 Å². The highest BCUT2D eigenvalue weighted by Crippen LogP contribution is 2.39. The van der Waals surface area contributed by atoms with Crippen LogP contribution in [0.1, 0.15) is 10.4 Å². The number of nitrogens with two attached hydrogens (primary N) is 1. The lowest BCUT2D eigenvalue weighted by molar-refractivity contribution is -0.120. The van der Waals surface area contributed by atoms with Gasteiger partial charge in [0, 0.05) is 36.8 Å². The van der Waals surface area contributed by atoms with Crippen LogP contribution in [0.2, 0.25) is 5.02 Å². The summed E-state index contributed by atoms with van der Waals surface area (Å²) in [5.74, 6) is -0.456. The number of piperazine rings is 1. The lowest BCUT2D eigenvalue weighted by Gasteiger charge is -2.34. The van der Waals surface area contributed by atoms with Crippen molar-refractivity contribution in [3.63, 3.8) is 0 Å². The number of hydrogen-bond donors (Lipinski definition) is 1. The summed E-state index contributed by atoms with van der Waals surface area (Å²) in [6.07, 6.45) is 0. The molecule has 1 heterocycles. The van der Waals surface area contributed by atoms with E-state index in [1.807, 2.05) is 0 Å². The fourth-order valence-corrected chi connectivity index (χ4v) is 4.91. The van der Waals surface area contributed by atoms with Crippen molar-refractivity contribution in [3.05, 3.63) is 47.0 Å². The van der Waals surface area contributed by atoms with Crippen molar-refractivity contribution in [3.8, 4) is 17.2 Å². The summed E-state index contributed by atoms with van der Waals surface area (Å²) in [7, 11) is -0.912. The molecule has 10 nitrogen and oxygen atoms in total. The Morgan fingerprint density at radius 1 is 1.00 bits per heavy atom. The van der Waals surface area contributed by atoms with Gasteiger partial charge in [0.1, 0.15) is 0 Å². The second kappa shape index (κ2) is 10.3. The van der Waals surface area contributed by atoms with Gasteiger partial charge in [-0.15, -0.1) is 0 Å². The molecule has 0 aromatic heterocycles. The molecule has 0 spiro atoms. The molecule has 33 heavy (non-hydrogen) atoms. The van der Waals surface area contributed by atoms with Gasteiger partial charge in [-0.25, -0.2) is 8.42 Å². The zero-order valence-electron chi connectivity index (χ0n) is 18.1. The maximum absolute atomic E-state index is 13.1. The van der Waals surface area contributed by atoms with Gasteiger partial charge < -0.3 is 24.8 Å². The number of sulfonamides is 1. The molecule has 2 amide bonds. The molecule has 178 valence electrons. The Kier molecular flexibility index (Phi) is 7.67. The molecule has 1 aliphatic rings. The van der Waals surface area contributed by atoms with E-state index >= 15 is 0 Å². The van der Waals surface area contributed by atoms with E-state index in [0.717, 1.165) is 0 Å². The van der Waals surface area contributed by atoms with Gasteiger partial charge in [-0.2, -0.15) is 4.31 Å². The summed E-state index contributed by atoms with van der Waals surface area (Å²) < 4.78 is 43.0. The highest BCUT2D eigenvalue weighted by Gasteiger charge is 2.31. The van der Waals surface area contributed by atoms with Gasteiger partial charge in [0.05, 0.1) is 19.1 Å². The maximum atomic E-state index is 13.1. The smallest absolute Gasteiger partial charge is 0.255 e. The van der Waals surface area contributed by atoms with Gasteiger partial charge >= 0.3 is 0 Å². The molecule has 2 N–H and O–H groups in total. The van der Waals surface area contributed by atoms with Crippen LogP contribution in [0.5, 0.6) is 17.2 Å². The van der Waals surface area contributed by atoms with E-state index in [1.54, 1.807) is 4.90 Å². The fourth-order valence-electron chi connectivity index (χ4n) is 3.36. The predicted molar refractivity (Wildman–Crippen MR) is 120 cm³/mol. The summed E-state index contributed by atoms with van der Waals surface area (Å²) >= 11 is 5.85. The van der Waals surface area contributed by atoms with Crippen molar-refractivity contribution in [2.24, 2.45) is 5.73 Å². The summed E-state index contributed by atoms with van der Waals surface area (Å²) in [4.78, 5) is 25.8. The number of carbonyl (C=O) groups excluding carboxylic acids is 2. The lowest BCUT2D eigenvalue weighted by Crippen LogP contribution is -2.50. The van der Waals surface area contributed by atoms with E-state index in [1.165, 1.54) is 54.9 Å².